The normalized spacial score (nSPS) is 10.9. The van der Waals surface area contributed by atoms with Gasteiger partial charge in [0.05, 0.1) is 10.5 Å². The number of halogens is 3. The van der Waals surface area contributed by atoms with Gasteiger partial charge < -0.3 is 10.6 Å². The molecule has 0 fully saturated rings. The van der Waals surface area contributed by atoms with Crippen LogP contribution in [-0.4, -0.2) is 24.4 Å². The molecular formula is C10H10F3N3O3. The molecular weight excluding hydrogens is 267 g/mol. The number of carbonyl (C=O) groups is 1. The molecule has 0 saturated heterocycles. The lowest BCUT2D eigenvalue weighted by molar-refractivity contribution is -0.384. The first-order valence-corrected chi connectivity index (χ1v) is 5.13. The largest absolute Gasteiger partial charge is 0.416 e. The second-order valence-electron chi connectivity index (χ2n) is 3.49. The third kappa shape index (κ3) is 4.12. The first kappa shape index (κ1) is 14.7. The highest BCUT2D eigenvalue weighted by molar-refractivity contribution is 5.63. The summed E-state index contributed by atoms with van der Waals surface area (Å²) in [4.78, 5) is 19.8. The molecule has 0 bridgehead atoms. The molecule has 104 valence electrons. The van der Waals surface area contributed by atoms with E-state index in [-0.39, 0.29) is 18.8 Å². The third-order valence-electron chi connectivity index (χ3n) is 2.19. The summed E-state index contributed by atoms with van der Waals surface area (Å²) in [6.45, 7) is 0.354. The van der Waals surface area contributed by atoms with Crippen LogP contribution in [0.4, 0.5) is 24.5 Å². The molecule has 2 N–H and O–H groups in total. The van der Waals surface area contributed by atoms with Gasteiger partial charge in [-0.25, -0.2) is 0 Å². The van der Waals surface area contributed by atoms with Crippen LogP contribution in [0.1, 0.15) is 5.56 Å². The quantitative estimate of drug-likeness (QED) is 0.359. The highest BCUT2D eigenvalue weighted by Crippen LogP contribution is 2.34. The number of nitrogens with one attached hydrogen (secondary N) is 2. The molecule has 0 aromatic heterocycles. The van der Waals surface area contributed by atoms with Crippen molar-refractivity contribution in [2.24, 2.45) is 0 Å². The minimum Gasteiger partial charge on any atom is -0.378 e. The Labute approximate surface area is 105 Å². The summed E-state index contributed by atoms with van der Waals surface area (Å²) in [5, 5.41) is 15.6. The number of rotatable bonds is 6. The molecule has 0 aliphatic rings. The van der Waals surface area contributed by atoms with E-state index >= 15 is 0 Å². The monoisotopic (exact) mass is 277 g/mol. The van der Waals surface area contributed by atoms with Gasteiger partial charge in [0.1, 0.15) is 5.69 Å². The number of alkyl halides is 3. The van der Waals surface area contributed by atoms with Crippen molar-refractivity contribution in [1.82, 2.24) is 5.32 Å². The smallest absolute Gasteiger partial charge is 0.378 e. The Bertz CT molecular complexity index is 477. The molecule has 0 saturated carbocycles. The van der Waals surface area contributed by atoms with Crippen LogP contribution in [0.2, 0.25) is 0 Å². The Morgan fingerprint density at radius 1 is 1.32 bits per heavy atom. The van der Waals surface area contributed by atoms with Crippen LogP contribution < -0.4 is 10.6 Å². The molecule has 9 heteroatoms. The van der Waals surface area contributed by atoms with Crippen LogP contribution in [0, 0.1) is 10.1 Å². The van der Waals surface area contributed by atoms with Crippen molar-refractivity contribution in [3.63, 3.8) is 0 Å². The van der Waals surface area contributed by atoms with E-state index in [1.807, 2.05) is 0 Å². The van der Waals surface area contributed by atoms with Crippen LogP contribution in [0.5, 0.6) is 0 Å². The van der Waals surface area contributed by atoms with Crippen LogP contribution >= 0.6 is 0 Å². The fraction of sp³-hybridized carbons (Fsp3) is 0.300. The second-order valence-corrected chi connectivity index (χ2v) is 3.49. The zero-order valence-corrected chi connectivity index (χ0v) is 9.53. The number of nitrogens with zero attached hydrogens (tertiary/aromatic N) is 1. The van der Waals surface area contributed by atoms with Crippen LogP contribution in [0.3, 0.4) is 0 Å². The zero-order chi connectivity index (χ0) is 14.5. The van der Waals surface area contributed by atoms with Gasteiger partial charge in [0.15, 0.2) is 0 Å². The standard InChI is InChI=1S/C10H10F3N3O3/c11-10(12,13)7-1-2-8(9(5-7)16(18)19)15-4-3-14-6-17/h1-2,5-6,15H,3-4H2,(H,14,17). The Morgan fingerprint density at radius 2 is 2.00 bits per heavy atom. The lowest BCUT2D eigenvalue weighted by Gasteiger charge is -2.10. The summed E-state index contributed by atoms with van der Waals surface area (Å²) < 4.78 is 37.3. The molecule has 0 atom stereocenters. The minimum absolute atomic E-state index is 0.0364. The maximum atomic E-state index is 12.4. The topological polar surface area (TPSA) is 84.3 Å². The number of carbonyl (C=O) groups excluding carboxylic acids is 1. The predicted molar refractivity (Wildman–Crippen MR) is 60.7 cm³/mol. The van der Waals surface area contributed by atoms with E-state index in [1.54, 1.807) is 0 Å². The van der Waals surface area contributed by atoms with Gasteiger partial charge in [-0.05, 0) is 12.1 Å². The molecule has 1 aromatic rings. The highest BCUT2D eigenvalue weighted by atomic mass is 19.4. The van der Waals surface area contributed by atoms with Crippen molar-refractivity contribution in [3.8, 4) is 0 Å². The molecule has 0 radical (unpaired) electrons. The van der Waals surface area contributed by atoms with E-state index in [9.17, 15) is 28.1 Å². The van der Waals surface area contributed by atoms with Gasteiger partial charge in [-0.15, -0.1) is 0 Å². The first-order valence-electron chi connectivity index (χ1n) is 5.13. The lowest BCUT2D eigenvalue weighted by Crippen LogP contribution is -2.20. The second kappa shape index (κ2) is 6.03. The van der Waals surface area contributed by atoms with Gasteiger partial charge in [0.2, 0.25) is 6.41 Å². The van der Waals surface area contributed by atoms with Crippen molar-refractivity contribution in [1.29, 1.82) is 0 Å². The van der Waals surface area contributed by atoms with Gasteiger partial charge >= 0.3 is 6.18 Å². The predicted octanol–water partition coefficient (Wildman–Crippen LogP) is 1.77. The summed E-state index contributed by atoms with van der Waals surface area (Å²) in [5.41, 5.74) is -1.79. The molecule has 19 heavy (non-hydrogen) atoms. The van der Waals surface area contributed by atoms with Gasteiger partial charge in [-0.3, -0.25) is 14.9 Å². The number of anilines is 1. The van der Waals surface area contributed by atoms with Gasteiger partial charge in [-0.2, -0.15) is 13.2 Å². The number of nitro benzene ring substituents is 1. The van der Waals surface area contributed by atoms with E-state index in [1.165, 1.54) is 0 Å². The fourth-order valence-electron chi connectivity index (χ4n) is 1.34. The molecule has 6 nitrogen and oxygen atoms in total. The van der Waals surface area contributed by atoms with Crippen molar-refractivity contribution in [2.75, 3.05) is 18.4 Å². The number of amides is 1. The van der Waals surface area contributed by atoms with Gasteiger partial charge in [0.25, 0.3) is 5.69 Å². The number of nitro groups is 1. The Kier molecular flexibility index (Phi) is 4.67. The summed E-state index contributed by atoms with van der Waals surface area (Å²) in [5.74, 6) is 0. The Morgan fingerprint density at radius 3 is 2.53 bits per heavy atom. The number of hydrogen-bond donors (Lipinski definition) is 2. The van der Waals surface area contributed by atoms with Crippen molar-refractivity contribution in [2.45, 2.75) is 6.18 Å². The maximum absolute atomic E-state index is 12.4. The summed E-state index contributed by atoms with van der Waals surface area (Å²) >= 11 is 0. The van der Waals surface area contributed by atoms with Crippen LogP contribution in [-0.2, 0) is 11.0 Å². The molecule has 0 aliphatic carbocycles. The molecule has 0 heterocycles. The van der Waals surface area contributed by atoms with Gasteiger partial charge in [0, 0.05) is 19.2 Å². The lowest BCUT2D eigenvalue weighted by atomic mass is 10.1. The van der Waals surface area contributed by atoms with Crippen molar-refractivity contribution < 1.29 is 22.9 Å². The van der Waals surface area contributed by atoms with E-state index < -0.39 is 22.4 Å². The third-order valence-corrected chi connectivity index (χ3v) is 2.19. The molecule has 1 aromatic carbocycles. The van der Waals surface area contributed by atoms with E-state index in [2.05, 4.69) is 10.6 Å². The number of benzene rings is 1. The first-order chi connectivity index (χ1) is 8.86. The highest BCUT2D eigenvalue weighted by Gasteiger charge is 2.32. The zero-order valence-electron chi connectivity index (χ0n) is 9.53. The van der Waals surface area contributed by atoms with E-state index in [0.717, 1.165) is 12.1 Å². The Balaban J connectivity index is 2.92. The summed E-state index contributed by atoms with van der Waals surface area (Å²) in [6.07, 6.45) is -4.19. The number of hydrogen-bond acceptors (Lipinski definition) is 4. The molecule has 1 amide bonds. The van der Waals surface area contributed by atoms with Gasteiger partial charge in [-0.1, -0.05) is 0 Å². The fourth-order valence-corrected chi connectivity index (χ4v) is 1.34. The minimum atomic E-state index is -4.64. The molecule has 0 unspecified atom stereocenters. The Hall–Kier alpha value is -2.32. The average Bonchev–Trinajstić information content (AvgIpc) is 2.33. The maximum Gasteiger partial charge on any atom is 0.416 e. The average molecular weight is 277 g/mol. The SMILES string of the molecule is O=CNCCNc1ccc(C(F)(F)F)cc1[N+](=O)[O-]. The van der Waals surface area contributed by atoms with Crippen molar-refractivity contribution >= 4 is 17.8 Å². The van der Waals surface area contributed by atoms with Crippen LogP contribution in [0.15, 0.2) is 18.2 Å². The van der Waals surface area contributed by atoms with Crippen LogP contribution in [0.25, 0.3) is 0 Å². The summed E-state index contributed by atoms with van der Waals surface area (Å²) in [6, 6.07) is 2.21. The molecule has 1 rings (SSSR count). The van der Waals surface area contributed by atoms with E-state index in [4.69, 9.17) is 0 Å². The van der Waals surface area contributed by atoms with E-state index in [0.29, 0.717) is 12.5 Å². The molecule has 0 spiro atoms. The summed E-state index contributed by atoms with van der Waals surface area (Å²) in [7, 11) is 0. The van der Waals surface area contributed by atoms with Crippen molar-refractivity contribution in [3.05, 3.63) is 33.9 Å². The molecule has 0 aliphatic heterocycles.